The topological polar surface area (TPSA) is 102 Å². The molecular formula is C20H15N5O3S. The number of nitrogens with one attached hydrogen (secondary N) is 2. The Morgan fingerprint density at radius 2 is 1.93 bits per heavy atom. The normalized spacial score (nSPS) is 13.4. The van der Waals surface area contributed by atoms with E-state index in [9.17, 15) is 4.79 Å². The number of thioether (sulfide) groups is 1. The van der Waals surface area contributed by atoms with Gasteiger partial charge >= 0.3 is 0 Å². The summed E-state index contributed by atoms with van der Waals surface area (Å²) < 4.78 is 10.7. The third-order valence-corrected chi connectivity index (χ3v) is 5.65. The molecule has 0 saturated heterocycles. The summed E-state index contributed by atoms with van der Waals surface area (Å²) in [6.07, 6.45) is 3.01. The van der Waals surface area contributed by atoms with E-state index in [-0.39, 0.29) is 12.7 Å². The Hall–Kier alpha value is -3.59. The molecule has 9 heteroatoms. The van der Waals surface area contributed by atoms with Crippen LogP contribution in [0.4, 0.5) is 5.69 Å². The lowest BCUT2D eigenvalue weighted by atomic mass is 10.1. The molecule has 2 aromatic heterocycles. The van der Waals surface area contributed by atoms with Crippen molar-refractivity contribution < 1.29 is 14.3 Å². The number of nitrogens with zero attached hydrogens (tertiary/aromatic N) is 3. The molecular weight excluding hydrogens is 390 g/mol. The minimum absolute atomic E-state index is 0.175. The van der Waals surface area contributed by atoms with Crippen molar-refractivity contribution in [2.75, 3.05) is 12.1 Å². The van der Waals surface area contributed by atoms with Crippen LogP contribution >= 0.6 is 11.8 Å². The minimum Gasteiger partial charge on any atom is -0.454 e. The second-order valence-corrected chi connectivity index (χ2v) is 7.34. The smallest absolute Gasteiger partial charge is 0.242 e. The zero-order valence-electron chi connectivity index (χ0n) is 15.0. The van der Waals surface area contributed by atoms with Gasteiger partial charge in [0.05, 0.1) is 6.33 Å². The highest BCUT2D eigenvalue weighted by molar-refractivity contribution is 8.00. The Morgan fingerprint density at radius 3 is 2.83 bits per heavy atom. The van der Waals surface area contributed by atoms with Gasteiger partial charge in [0, 0.05) is 11.8 Å². The van der Waals surface area contributed by atoms with Crippen LogP contribution < -0.4 is 14.8 Å². The van der Waals surface area contributed by atoms with Gasteiger partial charge in [-0.2, -0.15) is 0 Å². The van der Waals surface area contributed by atoms with E-state index in [1.54, 1.807) is 24.5 Å². The number of rotatable bonds is 5. The second kappa shape index (κ2) is 7.44. The first-order chi connectivity index (χ1) is 14.3. The molecule has 1 atom stereocenters. The van der Waals surface area contributed by atoms with Crippen molar-refractivity contribution in [2.45, 2.75) is 10.3 Å². The van der Waals surface area contributed by atoms with Gasteiger partial charge in [0.15, 0.2) is 17.1 Å². The SMILES string of the molecule is O=C(Nc1ccc2c(c1)OCO2)[C@@H](Sc1ncnc2nc[nH]c12)c1ccccc1. The summed E-state index contributed by atoms with van der Waals surface area (Å²) in [7, 11) is 0. The second-order valence-electron chi connectivity index (χ2n) is 6.25. The van der Waals surface area contributed by atoms with Crippen molar-refractivity contribution in [1.29, 1.82) is 0 Å². The summed E-state index contributed by atoms with van der Waals surface area (Å²) in [5.74, 6) is 1.10. The van der Waals surface area contributed by atoms with Crippen LogP contribution in [0.15, 0.2) is 66.2 Å². The lowest BCUT2D eigenvalue weighted by Crippen LogP contribution is -2.19. The van der Waals surface area contributed by atoms with Crippen LogP contribution in [0.2, 0.25) is 0 Å². The number of ether oxygens (including phenoxy) is 2. The summed E-state index contributed by atoms with van der Waals surface area (Å²) in [6, 6.07) is 14.9. The largest absolute Gasteiger partial charge is 0.454 e. The van der Waals surface area contributed by atoms with Crippen molar-refractivity contribution >= 4 is 34.5 Å². The molecule has 2 aromatic carbocycles. The molecule has 4 aromatic rings. The van der Waals surface area contributed by atoms with E-state index in [2.05, 4.69) is 25.3 Å². The summed E-state index contributed by atoms with van der Waals surface area (Å²) in [5.41, 5.74) is 2.76. The molecule has 3 heterocycles. The van der Waals surface area contributed by atoms with Crippen molar-refractivity contribution in [1.82, 2.24) is 19.9 Å². The number of hydrogen-bond donors (Lipinski definition) is 2. The van der Waals surface area contributed by atoms with E-state index in [0.29, 0.717) is 33.4 Å². The fraction of sp³-hybridized carbons (Fsp3) is 0.100. The van der Waals surface area contributed by atoms with Crippen LogP contribution in [0, 0.1) is 0 Å². The fourth-order valence-electron chi connectivity index (χ4n) is 3.03. The van der Waals surface area contributed by atoms with Gasteiger partial charge in [0.1, 0.15) is 22.1 Å². The molecule has 0 bridgehead atoms. The average molecular weight is 405 g/mol. The number of aromatic nitrogens is 4. The van der Waals surface area contributed by atoms with Crippen LogP contribution in [0.5, 0.6) is 11.5 Å². The van der Waals surface area contributed by atoms with Gasteiger partial charge in [-0.05, 0) is 17.7 Å². The quantitative estimate of drug-likeness (QED) is 0.387. The van der Waals surface area contributed by atoms with Crippen LogP contribution in [0.25, 0.3) is 11.2 Å². The number of imidazole rings is 1. The molecule has 0 unspecified atom stereocenters. The van der Waals surface area contributed by atoms with Crippen LogP contribution in [0.3, 0.4) is 0 Å². The van der Waals surface area contributed by atoms with Gasteiger partial charge in [-0.15, -0.1) is 0 Å². The lowest BCUT2D eigenvalue weighted by molar-refractivity contribution is -0.115. The molecule has 0 saturated carbocycles. The number of anilines is 1. The molecule has 29 heavy (non-hydrogen) atoms. The Kier molecular flexibility index (Phi) is 4.49. The highest BCUT2D eigenvalue weighted by Gasteiger charge is 2.25. The van der Waals surface area contributed by atoms with E-state index in [4.69, 9.17) is 9.47 Å². The number of carbonyl (C=O) groups is 1. The maximum Gasteiger partial charge on any atom is 0.242 e. The number of amides is 1. The van der Waals surface area contributed by atoms with E-state index < -0.39 is 5.25 Å². The predicted molar refractivity (Wildman–Crippen MR) is 108 cm³/mol. The van der Waals surface area contributed by atoms with Gasteiger partial charge in [-0.25, -0.2) is 15.0 Å². The highest BCUT2D eigenvalue weighted by atomic mass is 32.2. The maximum absolute atomic E-state index is 13.2. The van der Waals surface area contributed by atoms with E-state index in [0.717, 1.165) is 5.56 Å². The Morgan fingerprint density at radius 1 is 1.07 bits per heavy atom. The molecule has 0 radical (unpaired) electrons. The van der Waals surface area contributed by atoms with Gasteiger partial charge in [0.2, 0.25) is 12.7 Å². The van der Waals surface area contributed by atoms with Crippen molar-refractivity contribution in [3.05, 3.63) is 66.7 Å². The summed E-state index contributed by atoms with van der Waals surface area (Å²) in [4.78, 5) is 28.9. The van der Waals surface area contributed by atoms with Crippen molar-refractivity contribution in [2.24, 2.45) is 0 Å². The van der Waals surface area contributed by atoms with Gasteiger partial charge in [-0.1, -0.05) is 42.1 Å². The molecule has 144 valence electrons. The molecule has 2 N–H and O–H groups in total. The first-order valence-corrected chi connectivity index (χ1v) is 9.72. The maximum atomic E-state index is 13.2. The standard InChI is InChI=1S/C20H15N5O3S/c26-19(25-13-6-7-14-15(8-13)28-11-27-14)17(12-4-2-1-3-5-12)29-20-16-18(22-9-21-16)23-10-24-20/h1-10,17H,11H2,(H,25,26)(H,21,22,23,24)/t17-/m0/s1. The van der Waals surface area contributed by atoms with Gasteiger partial charge < -0.3 is 19.8 Å². The molecule has 0 spiro atoms. The zero-order chi connectivity index (χ0) is 19.6. The highest BCUT2D eigenvalue weighted by Crippen LogP contribution is 2.38. The molecule has 5 rings (SSSR count). The lowest BCUT2D eigenvalue weighted by Gasteiger charge is -2.17. The van der Waals surface area contributed by atoms with E-state index >= 15 is 0 Å². The molecule has 8 nitrogen and oxygen atoms in total. The summed E-state index contributed by atoms with van der Waals surface area (Å²) in [6.45, 7) is 0.184. The van der Waals surface area contributed by atoms with Crippen LogP contribution in [-0.2, 0) is 4.79 Å². The van der Waals surface area contributed by atoms with Crippen molar-refractivity contribution in [3.8, 4) is 11.5 Å². The fourth-order valence-corrected chi connectivity index (χ4v) is 4.09. The number of aromatic amines is 1. The third-order valence-electron chi connectivity index (χ3n) is 4.40. The number of benzene rings is 2. The molecule has 0 aliphatic carbocycles. The zero-order valence-corrected chi connectivity index (χ0v) is 15.8. The predicted octanol–water partition coefficient (Wildman–Crippen LogP) is 3.55. The molecule has 1 aliphatic rings. The average Bonchev–Trinajstić information content (AvgIpc) is 3.41. The Bertz CT molecular complexity index is 1180. The van der Waals surface area contributed by atoms with Crippen molar-refractivity contribution in [3.63, 3.8) is 0 Å². The van der Waals surface area contributed by atoms with E-state index in [1.807, 2.05) is 30.3 Å². The van der Waals surface area contributed by atoms with Crippen LogP contribution in [0.1, 0.15) is 10.8 Å². The Balaban J connectivity index is 1.46. The number of carbonyl (C=O) groups excluding carboxylic acids is 1. The third kappa shape index (κ3) is 3.47. The molecule has 1 amide bonds. The number of fused-ring (bicyclic) bond motifs is 2. The summed E-state index contributed by atoms with van der Waals surface area (Å²) in [5, 5.41) is 3.10. The first-order valence-electron chi connectivity index (χ1n) is 8.84. The Labute approximate surface area is 169 Å². The van der Waals surface area contributed by atoms with Crippen LogP contribution in [-0.4, -0.2) is 32.6 Å². The number of hydrogen-bond acceptors (Lipinski definition) is 7. The number of H-pyrrole nitrogens is 1. The summed E-state index contributed by atoms with van der Waals surface area (Å²) >= 11 is 1.34. The molecule has 1 aliphatic heterocycles. The monoisotopic (exact) mass is 405 g/mol. The molecule has 0 fully saturated rings. The van der Waals surface area contributed by atoms with Gasteiger partial charge in [-0.3, -0.25) is 4.79 Å². The van der Waals surface area contributed by atoms with Gasteiger partial charge in [0.25, 0.3) is 0 Å². The minimum atomic E-state index is -0.525. The van der Waals surface area contributed by atoms with E-state index in [1.165, 1.54) is 18.1 Å². The first kappa shape index (κ1) is 17.5.